The SMILES string of the molecule is CO[C@H]1C[C@@H](C[C@@H]2CC[C@@H](C)[C@@H]([C@H](C)C(=O)[O-])O2)O[C@]2(O[C@@](C)([C@H]3CC[C@@](C)([C@@H]4O[C@@H]([C@H]5O[C@@](C)(O)[C@H](C)C[C@@H]5C)C[C@@H]4C)O3)C[C@@H]2C)[C@H]1C.[Na+]. The van der Waals surface area contributed by atoms with Gasteiger partial charge in [0.1, 0.15) is 0 Å². The molecule has 1 N–H and O–H groups in total. The van der Waals surface area contributed by atoms with Crippen molar-refractivity contribution in [2.75, 3.05) is 7.11 Å². The van der Waals surface area contributed by atoms with Gasteiger partial charge < -0.3 is 48.2 Å². The molecule has 0 aliphatic carbocycles. The number of carboxylic acids is 1. The van der Waals surface area contributed by atoms with E-state index in [0.717, 1.165) is 51.4 Å². The molecule has 0 aromatic rings. The molecule has 6 saturated heterocycles. The zero-order chi connectivity index (χ0) is 36.6. The van der Waals surface area contributed by atoms with Gasteiger partial charge in [-0.05, 0) is 83.5 Å². The Bertz CT molecular complexity index is 1220. The number of aliphatic hydroxyl groups is 1. The van der Waals surface area contributed by atoms with Gasteiger partial charge in [0.2, 0.25) is 0 Å². The fraction of sp³-hybridized carbons (Fsp3) is 0.975. The van der Waals surface area contributed by atoms with Crippen molar-refractivity contribution in [1.82, 2.24) is 0 Å². The van der Waals surface area contributed by atoms with E-state index in [1.807, 2.05) is 0 Å². The number of methoxy groups -OCH3 is 1. The Morgan fingerprint density at radius 3 is 2.24 bits per heavy atom. The number of ether oxygens (including phenoxy) is 7. The zero-order valence-electron chi connectivity index (χ0n) is 33.6. The Morgan fingerprint density at radius 2 is 1.57 bits per heavy atom. The summed E-state index contributed by atoms with van der Waals surface area (Å²) in [6.45, 7) is 20.9. The average molecular weight is 731 g/mol. The molecule has 6 aliphatic rings. The van der Waals surface area contributed by atoms with E-state index in [0.29, 0.717) is 12.3 Å². The molecule has 51 heavy (non-hydrogen) atoms. The first-order valence-electron chi connectivity index (χ1n) is 19.8. The van der Waals surface area contributed by atoms with Gasteiger partial charge in [0.15, 0.2) is 11.6 Å². The van der Waals surface area contributed by atoms with Crippen molar-refractivity contribution >= 4 is 5.97 Å². The third-order valence-electron chi connectivity index (χ3n) is 14.4. The Balaban J connectivity index is 0.00000504. The summed E-state index contributed by atoms with van der Waals surface area (Å²) in [7, 11) is 1.77. The maximum absolute atomic E-state index is 11.7. The van der Waals surface area contributed by atoms with Crippen molar-refractivity contribution in [3.63, 3.8) is 0 Å². The van der Waals surface area contributed by atoms with Crippen LogP contribution in [0.15, 0.2) is 0 Å². The second-order valence-electron chi connectivity index (χ2n) is 18.4. The Morgan fingerprint density at radius 1 is 0.863 bits per heavy atom. The number of hydrogen-bond acceptors (Lipinski definition) is 10. The third kappa shape index (κ3) is 7.92. The van der Waals surface area contributed by atoms with Gasteiger partial charge in [-0.3, -0.25) is 0 Å². The Kier molecular flexibility index (Phi) is 12.9. The van der Waals surface area contributed by atoms with Crippen LogP contribution in [0.3, 0.4) is 0 Å². The van der Waals surface area contributed by atoms with Gasteiger partial charge in [-0.2, -0.15) is 0 Å². The largest absolute Gasteiger partial charge is 1.00 e. The normalized spacial score (nSPS) is 54.0. The smallest absolute Gasteiger partial charge is 0.550 e. The minimum absolute atomic E-state index is 0. The molecule has 0 saturated carbocycles. The summed E-state index contributed by atoms with van der Waals surface area (Å²) in [4.78, 5) is 11.7. The van der Waals surface area contributed by atoms with Gasteiger partial charge in [0, 0.05) is 49.6 Å². The fourth-order valence-electron chi connectivity index (χ4n) is 11.2. The Labute approximate surface area is 329 Å². The predicted molar refractivity (Wildman–Crippen MR) is 185 cm³/mol. The summed E-state index contributed by atoms with van der Waals surface area (Å²) in [6.07, 6.45) is 6.40. The first-order valence-corrected chi connectivity index (χ1v) is 19.8. The molecule has 0 amide bonds. The summed E-state index contributed by atoms with van der Waals surface area (Å²) in [5.74, 6) is -2.80. The quantitative estimate of drug-likeness (QED) is 0.373. The number of carbonyl (C=O) groups is 1. The van der Waals surface area contributed by atoms with Crippen molar-refractivity contribution < 1.29 is 77.7 Å². The van der Waals surface area contributed by atoms with Crippen molar-refractivity contribution in [2.45, 2.75) is 199 Å². The van der Waals surface area contributed by atoms with Crippen molar-refractivity contribution in [2.24, 2.45) is 41.4 Å². The molecule has 19 atom stereocenters. The second kappa shape index (κ2) is 15.6. The van der Waals surface area contributed by atoms with E-state index in [9.17, 15) is 15.0 Å². The first kappa shape index (κ1) is 42.3. The molecule has 6 aliphatic heterocycles. The average Bonchev–Trinajstić information content (AvgIpc) is 3.72. The summed E-state index contributed by atoms with van der Waals surface area (Å²) in [6, 6.07) is 0. The summed E-state index contributed by atoms with van der Waals surface area (Å²) >= 11 is 0. The molecule has 6 heterocycles. The number of rotatable bonds is 8. The van der Waals surface area contributed by atoms with Crippen molar-refractivity contribution in [1.29, 1.82) is 0 Å². The molecule has 10 nitrogen and oxygen atoms in total. The van der Waals surface area contributed by atoms with E-state index < -0.39 is 34.7 Å². The van der Waals surface area contributed by atoms with E-state index in [2.05, 4.69) is 55.4 Å². The van der Waals surface area contributed by atoms with E-state index in [1.165, 1.54) is 0 Å². The maximum Gasteiger partial charge on any atom is 1.00 e. The molecule has 11 heteroatoms. The van der Waals surface area contributed by atoms with Gasteiger partial charge >= 0.3 is 29.6 Å². The summed E-state index contributed by atoms with van der Waals surface area (Å²) in [5, 5.41) is 22.7. The van der Waals surface area contributed by atoms with Crippen LogP contribution >= 0.6 is 0 Å². The van der Waals surface area contributed by atoms with Crippen LogP contribution in [-0.4, -0.2) is 89.8 Å². The third-order valence-corrected chi connectivity index (χ3v) is 14.4. The molecule has 0 bridgehead atoms. The maximum atomic E-state index is 11.7. The molecule has 6 rings (SSSR count). The molecule has 288 valence electrons. The fourth-order valence-corrected chi connectivity index (χ4v) is 11.2. The zero-order valence-corrected chi connectivity index (χ0v) is 35.6. The summed E-state index contributed by atoms with van der Waals surface area (Å²) < 4.78 is 47.1. The number of aliphatic carboxylic acids is 1. The molecule has 0 unspecified atom stereocenters. The molecule has 0 aromatic carbocycles. The molecule has 0 aromatic heterocycles. The van der Waals surface area contributed by atoms with Crippen LogP contribution in [0.25, 0.3) is 0 Å². The van der Waals surface area contributed by atoms with Crippen LogP contribution in [0, 0.1) is 41.4 Å². The van der Waals surface area contributed by atoms with Crippen LogP contribution in [0.5, 0.6) is 0 Å². The monoisotopic (exact) mass is 730 g/mol. The van der Waals surface area contributed by atoms with Gasteiger partial charge in [0.25, 0.3) is 0 Å². The molecule has 0 radical (unpaired) electrons. The second-order valence-corrected chi connectivity index (χ2v) is 18.4. The van der Waals surface area contributed by atoms with Crippen molar-refractivity contribution in [3.05, 3.63) is 0 Å². The van der Waals surface area contributed by atoms with Crippen LogP contribution in [0.2, 0.25) is 0 Å². The van der Waals surface area contributed by atoms with E-state index in [1.54, 1.807) is 21.0 Å². The van der Waals surface area contributed by atoms with Gasteiger partial charge in [-0.25, -0.2) is 0 Å². The minimum Gasteiger partial charge on any atom is -0.550 e. The Hall–Kier alpha value is 0.150. The summed E-state index contributed by atoms with van der Waals surface area (Å²) in [5.41, 5.74) is -1.03. The van der Waals surface area contributed by atoms with Crippen LogP contribution in [-0.2, 0) is 38.0 Å². The first-order chi connectivity index (χ1) is 23.3. The molecule has 1 spiro atoms. The van der Waals surface area contributed by atoms with Crippen LogP contribution < -0.4 is 34.7 Å². The van der Waals surface area contributed by atoms with Gasteiger partial charge in [0.05, 0.1) is 60.0 Å². The van der Waals surface area contributed by atoms with Crippen LogP contribution in [0.4, 0.5) is 0 Å². The van der Waals surface area contributed by atoms with Gasteiger partial charge in [-0.15, -0.1) is 0 Å². The minimum atomic E-state index is -1.15. The standard InChI is InChI=1S/C40H68O10.Na/c1-21-12-13-28(45-33(21)26(6)36(41)42)18-29-19-30(44-11)27(7)40(47-29)25(5)20-38(9,50-40)32-14-15-37(8,48-32)35-23(3)17-31(46-35)34-22(2)16-24(4)39(10,43)49-34;/h21-35,43H,12-20H2,1-11H3,(H,41,42);/q;+1/p-1/t21-,22+,23+,24-,25+,26+,27+,28+,29-,30+,31-,32-,33+,34+,35-,37+,38-,39-,40-;/m1./s1. The number of hydrogen-bond donors (Lipinski definition) is 1. The topological polar surface area (TPSA) is 125 Å². The van der Waals surface area contributed by atoms with Crippen molar-refractivity contribution in [3.8, 4) is 0 Å². The number of carbonyl (C=O) groups excluding carboxylic acids is 1. The van der Waals surface area contributed by atoms with Gasteiger partial charge in [-0.1, -0.05) is 48.5 Å². The van der Waals surface area contributed by atoms with E-state index >= 15 is 0 Å². The number of carboxylic acid groups (broad SMARTS) is 1. The van der Waals surface area contributed by atoms with E-state index in [-0.39, 0.29) is 108 Å². The molecular weight excluding hydrogens is 663 g/mol. The molecular formula is C40H67NaO10. The van der Waals surface area contributed by atoms with Crippen LogP contribution in [0.1, 0.15) is 127 Å². The molecule has 6 fully saturated rings. The van der Waals surface area contributed by atoms with E-state index in [4.69, 9.17) is 33.2 Å². The predicted octanol–water partition coefficient (Wildman–Crippen LogP) is 2.40.